The van der Waals surface area contributed by atoms with Gasteiger partial charge in [0.2, 0.25) is 0 Å². The second-order valence-electron chi connectivity index (χ2n) is 6.65. The number of nitrogens with zero attached hydrogens (tertiary/aromatic N) is 6. The molecule has 4 rings (SSSR count). The van der Waals surface area contributed by atoms with Gasteiger partial charge in [-0.3, -0.25) is 9.48 Å². The van der Waals surface area contributed by atoms with Gasteiger partial charge in [-0.25, -0.2) is 0 Å². The van der Waals surface area contributed by atoms with Gasteiger partial charge in [0.05, 0.1) is 17.1 Å². The molecule has 28 heavy (non-hydrogen) atoms. The van der Waals surface area contributed by atoms with Crippen LogP contribution < -0.4 is 0 Å². The second-order valence-corrected chi connectivity index (χ2v) is 8.29. The largest absolute Gasteiger partial charge is 0.334 e. The summed E-state index contributed by atoms with van der Waals surface area (Å²) in [6.07, 6.45) is 0.740. The highest BCUT2D eigenvalue weighted by atomic mass is 35.5. The quantitative estimate of drug-likeness (QED) is 0.611. The smallest absolute Gasteiger partial charge is 0.255 e. The van der Waals surface area contributed by atoms with Crippen molar-refractivity contribution in [2.24, 2.45) is 14.1 Å². The van der Waals surface area contributed by atoms with Gasteiger partial charge in [-0.2, -0.15) is 5.10 Å². The van der Waals surface area contributed by atoms with Crippen LogP contribution in [0, 0.1) is 0 Å². The standard InChI is InChI=1S/C19H21ClN6OS/c1-4-28-19-22-21-17(24(19)2)16-13-11-26(10-9-15(13)25(3)23-16)18(27)12-7-5-6-8-14(12)20/h5-8H,4,9-11H2,1-3H3. The summed E-state index contributed by atoms with van der Waals surface area (Å²) >= 11 is 7.88. The second kappa shape index (κ2) is 7.60. The molecular formula is C19H21ClN6OS. The average Bonchev–Trinajstić information content (AvgIpc) is 3.22. The summed E-state index contributed by atoms with van der Waals surface area (Å²) in [6, 6.07) is 7.16. The van der Waals surface area contributed by atoms with Gasteiger partial charge in [0, 0.05) is 38.3 Å². The summed E-state index contributed by atoms with van der Waals surface area (Å²) in [5.41, 5.74) is 3.47. The fourth-order valence-corrected chi connectivity index (χ4v) is 4.38. The van der Waals surface area contributed by atoms with Crippen molar-refractivity contribution >= 4 is 29.3 Å². The highest BCUT2D eigenvalue weighted by molar-refractivity contribution is 7.99. The van der Waals surface area contributed by atoms with Crippen molar-refractivity contribution < 1.29 is 4.79 Å². The number of halogens is 1. The Labute approximate surface area is 172 Å². The maximum atomic E-state index is 13.0. The monoisotopic (exact) mass is 416 g/mol. The molecule has 3 aromatic rings. The van der Waals surface area contributed by atoms with Crippen molar-refractivity contribution in [1.82, 2.24) is 29.4 Å². The first kappa shape index (κ1) is 19.0. The van der Waals surface area contributed by atoms with Crippen molar-refractivity contribution in [2.45, 2.75) is 25.0 Å². The van der Waals surface area contributed by atoms with Crippen molar-refractivity contribution in [2.75, 3.05) is 12.3 Å². The number of thioether (sulfide) groups is 1. The van der Waals surface area contributed by atoms with E-state index in [1.54, 1.807) is 23.9 Å². The number of rotatable bonds is 4. The highest BCUT2D eigenvalue weighted by Gasteiger charge is 2.30. The average molecular weight is 417 g/mol. The minimum Gasteiger partial charge on any atom is -0.334 e. The molecule has 3 heterocycles. The van der Waals surface area contributed by atoms with Crippen LogP contribution in [0.3, 0.4) is 0 Å². The molecule has 0 unspecified atom stereocenters. The van der Waals surface area contributed by atoms with Crippen LogP contribution in [0.15, 0.2) is 29.4 Å². The molecule has 0 bridgehead atoms. The predicted octanol–water partition coefficient (Wildman–Crippen LogP) is 3.18. The van der Waals surface area contributed by atoms with E-state index in [1.807, 2.05) is 40.4 Å². The van der Waals surface area contributed by atoms with Crippen LogP contribution in [0.2, 0.25) is 5.02 Å². The molecule has 0 spiro atoms. The number of carbonyl (C=O) groups is 1. The maximum absolute atomic E-state index is 13.0. The minimum atomic E-state index is -0.0637. The molecule has 9 heteroatoms. The highest BCUT2D eigenvalue weighted by Crippen LogP contribution is 2.31. The zero-order chi connectivity index (χ0) is 19.8. The molecule has 0 radical (unpaired) electrons. The zero-order valence-corrected chi connectivity index (χ0v) is 17.6. The van der Waals surface area contributed by atoms with E-state index in [9.17, 15) is 4.79 Å². The van der Waals surface area contributed by atoms with Crippen LogP contribution in [0.25, 0.3) is 11.5 Å². The van der Waals surface area contributed by atoms with Crippen molar-refractivity contribution in [1.29, 1.82) is 0 Å². The molecule has 2 aromatic heterocycles. The number of amides is 1. The Morgan fingerprint density at radius 2 is 2.04 bits per heavy atom. The number of hydrogen-bond acceptors (Lipinski definition) is 5. The number of aryl methyl sites for hydroxylation is 1. The van der Waals surface area contributed by atoms with E-state index >= 15 is 0 Å². The lowest BCUT2D eigenvalue weighted by atomic mass is 10.0. The first-order chi connectivity index (χ1) is 13.5. The molecule has 0 saturated carbocycles. The van der Waals surface area contributed by atoms with Crippen molar-refractivity contribution in [3.8, 4) is 11.5 Å². The number of fused-ring (bicyclic) bond motifs is 1. The van der Waals surface area contributed by atoms with Gasteiger partial charge in [0.15, 0.2) is 11.0 Å². The van der Waals surface area contributed by atoms with Gasteiger partial charge in [-0.15, -0.1) is 10.2 Å². The Balaban J connectivity index is 1.69. The molecule has 1 aromatic carbocycles. The fraction of sp³-hybridized carbons (Fsp3) is 0.368. The van der Waals surface area contributed by atoms with Gasteiger partial charge in [0.1, 0.15) is 5.69 Å². The Morgan fingerprint density at radius 3 is 2.79 bits per heavy atom. The van der Waals surface area contributed by atoms with E-state index in [4.69, 9.17) is 16.7 Å². The van der Waals surface area contributed by atoms with Crippen LogP contribution in [-0.4, -0.2) is 47.6 Å². The lowest BCUT2D eigenvalue weighted by Gasteiger charge is -2.28. The SMILES string of the molecule is CCSc1nnc(-c2nn(C)c3c2CN(C(=O)c2ccccc2Cl)CC3)n1C. The molecule has 0 saturated heterocycles. The number of hydrogen-bond donors (Lipinski definition) is 0. The molecule has 7 nitrogen and oxygen atoms in total. The summed E-state index contributed by atoms with van der Waals surface area (Å²) in [6.45, 7) is 3.19. The molecule has 0 N–H and O–H groups in total. The third-order valence-electron chi connectivity index (χ3n) is 4.95. The molecule has 0 atom stereocenters. The first-order valence-corrected chi connectivity index (χ1v) is 10.5. The third-order valence-corrected chi connectivity index (χ3v) is 6.19. The zero-order valence-electron chi connectivity index (χ0n) is 16.0. The summed E-state index contributed by atoms with van der Waals surface area (Å²) in [5, 5.41) is 14.7. The molecule has 1 aliphatic heterocycles. The molecule has 0 aliphatic carbocycles. The Hall–Kier alpha value is -2.32. The van der Waals surface area contributed by atoms with Crippen LogP contribution >= 0.6 is 23.4 Å². The fourth-order valence-electron chi connectivity index (χ4n) is 3.53. The first-order valence-electron chi connectivity index (χ1n) is 9.12. The lowest BCUT2D eigenvalue weighted by Crippen LogP contribution is -2.36. The van der Waals surface area contributed by atoms with Crippen molar-refractivity contribution in [3.63, 3.8) is 0 Å². The van der Waals surface area contributed by atoms with E-state index in [0.29, 0.717) is 23.7 Å². The molecule has 1 aliphatic rings. The summed E-state index contributed by atoms with van der Waals surface area (Å²) in [4.78, 5) is 14.8. The normalized spacial score (nSPS) is 13.6. The van der Waals surface area contributed by atoms with Crippen LogP contribution in [-0.2, 0) is 27.1 Å². The number of aromatic nitrogens is 5. The van der Waals surface area contributed by atoms with E-state index in [-0.39, 0.29) is 5.91 Å². The van der Waals surface area contributed by atoms with Crippen LogP contribution in [0.1, 0.15) is 28.5 Å². The van der Waals surface area contributed by atoms with Gasteiger partial charge in [0.25, 0.3) is 5.91 Å². The van der Waals surface area contributed by atoms with E-state index in [1.165, 1.54) is 0 Å². The summed E-state index contributed by atoms with van der Waals surface area (Å²) < 4.78 is 3.86. The minimum absolute atomic E-state index is 0.0637. The van der Waals surface area contributed by atoms with E-state index in [2.05, 4.69) is 17.1 Å². The molecular weight excluding hydrogens is 396 g/mol. The number of benzene rings is 1. The molecule has 1 amide bonds. The Bertz CT molecular complexity index is 1040. The predicted molar refractivity (Wildman–Crippen MR) is 109 cm³/mol. The Morgan fingerprint density at radius 1 is 1.25 bits per heavy atom. The third kappa shape index (κ3) is 3.20. The van der Waals surface area contributed by atoms with Crippen LogP contribution in [0.4, 0.5) is 0 Å². The van der Waals surface area contributed by atoms with Crippen LogP contribution in [0.5, 0.6) is 0 Å². The maximum Gasteiger partial charge on any atom is 0.255 e. The van der Waals surface area contributed by atoms with E-state index < -0.39 is 0 Å². The topological polar surface area (TPSA) is 68.8 Å². The van der Waals surface area contributed by atoms with Gasteiger partial charge < -0.3 is 9.47 Å². The van der Waals surface area contributed by atoms with Crippen molar-refractivity contribution in [3.05, 3.63) is 46.1 Å². The van der Waals surface area contributed by atoms with Gasteiger partial charge >= 0.3 is 0 Å². The Kier molecular flexibility index (Phi) is 5.16. The summed E-state index contributed by atoms with van der Waals surface area (Å²) in [7, 11) is 3.88. The molecule has 146 valence electrons. The lowest BCUT2D eigenvalue weighted by molar-refractivity contribution is 0.0734. The molecule has 0 fully saturated rings. The number of carbonyl (C=O) groups excluding carboxylic acids is 1. The van der Waals surface area contributed by atoms with E-state index in [0.717, 1.165) is 40.1 Å². The summed E-state index contributed by atoms with van der Waals surface area (Å²) in [5.74, 6) is 1.58. The van der Waals surface area contributed by atoms with Gasteiger partial charge in [-0.1, -0.05) is 42.4 Å². The van der Waals surface area contributed by atoms with Gasteiger partial charge in [-0.05, 0) is 17.9 Å².